The number of alkyl carbamates (subject to hydrolysis) is 1. The molecule has 2 saturated carbocycles. The number of halogens is 2. The minimum atomic E-state index is -2.87. The zero-order valence-corrected chi connectivity index (χ0v) is 33.4. The fourth-order valence-corrected chi connectivity index (χ4v) is 8.31. The number of nitrogens with zero attached hydrogens (tertiary/aromatic N) is 2. The minimum Gasteiger partial charge on any atom is -0.444 e. The van der Waals surface area contributed by atoms with E-state index in [1.807, 2.05) is 20.8 Å². The molecule has 0 spiro atoms. The maximum Gasteiger partial charge on any atom is 0.408 e. The van der Waals surface area contributed by atoms with Crippen LogP contribution in [0.25, 0.3) is 0 Å². The molecule has 4 rings (SSSR count). The number of amides is 4. The van der Waals surface area contributed by atoms with Gasteiger partial charge in [-0.2, -0.15) is 0 Å². The summed E-state index contributed by atoms with van der Waals surface area (Å²) in [5.41, 5.74) is -0.601. The van der Waals surface area contributed by atoms with E-state index >= 15 is 0 Å². The summed E-state index contributed by atoms with van der Waals surface area (Å²) in [5, 5.41) is 5.31. The lowest BCUT2D eigenvalue weighted by atomic mass is 9.81. The fourth-order valence-electron chi connectivity index (χ4n) is 8.31. The molecule has 55 heavy (non-hydrogen) atoms. The Morgan fingerprint density at radius 1 is 0.964 bits per heavy atom. The number of carbonyl (C=O) groups is 7. The summed E-state index contributed by atoms with van der Waals surface area (Å²) in [6.45, 7) is 11.0. The number of ketones is 3. The van der Waals surface area contributed by atoms with Gasteiger partial charge in [-0.3, -0.25) is 28.8 Å². The Balaban J connectivity index is 1.47. The maximum atomic E-state index is 14.4. The van der Waals surface area contributed by atoms with Gasteiger partial charge in [-0.1, -0.05) is 57.5 Å². The number of likely N-dealkylation sites (N-methyl/N-ethyl adjacent to an activating group) is 1. The van der Waals surface area contributed by atoms with Crippen molar-refractivity contribution in [3.63, 3.8) is 0 Å². The third-order valence-corrected chi connectivity index (χ3v) is 11.4. The summed E-state index contributed by atoms with van der Waals surface area (Å²) < 4.78 is 33.8. The van der Waals surface area contributed by atoms with Gasteiger partial charge in [0.05, 0.1) is 6.04 Å². The molecule has 6 atom stereocenters. The molecule has 1 heterocycles. The van der Waals surface area contributed by atoms with Crippen LogP contribution in [0, 0.1) is 29.1 Å². The maximum absolute atomic E-state index is 14.4. The quantitative estimate of drug-likeness (QED) is 0.211. The highest BCUT2D eigenvalue weighted by molar-refractivity contribution is 6.38. The Labute approximate surface area is 322 Å². The smallest absolute Gasteiger partial charge is 0.408 e. The molecule has 12 nitrogen and oxygen atoms in total. The van der Waals surface area contributed by atoms with Crippen molar-refractivity contribution in [2.45, 2.75) is 129 Å². The second-order valence-corrected chi connectivity index (χ2v) is 17.3. The van der Waals surface area contributed by atoms with E-state index in [4.69, 9.17) is 4.74 Å². The van der Waals surface area contributed by atoms with Crippen molar-refractivity contribution in [3.05, 3.63) is 35.9 Å². The number of nitrogens with one attached hydrogen (secondary N) is 2. The summed E-state index contributed by atoms with van der Waals surface area (Å²) in [6.07, 6.45) is -2.08. The molecule has 1 aliphatic heterocycles. The Bertz CT molecular complexity index is 1610. The number of carbonyl (C=O) groups excluding carboxylic acids is 7. The predicted molar refractivity (Wildman–Crippen MR) is 200 cm³/mol. The van der Waals surface area contributed by atoms with Gasteiger partial charge in [0.25, 0.3) is 0 Å². The van der Waals surface area contributed by atoms with E-state index in [0.717, 1.165) is 0 Å². The first-order chi connectivity index (χ1) is 25.6. The highest BCUT2D eigenvalue weighted by atomic mass is 19.3. The molecule has 1 saturated heterocycles. The van der Waals surface area contributed by atoms with Crippen LogP contribution in [0.2, 0.25) is 0 Å². The van der Waals surface area contributed by atoms with Crippen molar-refractivity contribution < 1.29 is 47.1 Å². The third-order valence-electron chi connectivity index (χ3n) is 11.4. The summed E-state index contributed by atoms with van der Waals surface area (Å²) in [5.74, 6) is -8.17. The molecule has 0 radical (unpaired) electrons. The van der Waals surface area contributed by atoms with Crippen LogP contribution >= 0.6 is 0 Å². The lowest BCUT2D eigenvalue weighted by Gasteiger charge is -2.38. The Hall–Kier alpha value is -4.23. The molecule has 304 valence electrons. The number of piperidine rings is 1. The summed E-state index contributed by atoms with van der Waals surface area (Å²) in [6, 6.07) is 5.54. The third kappa shape index (κ3) is 10.8. The van der Waals surface area contributed by atoms with Crippen LogP contribution in [0.3, 0.4) is 0 Å². The number of fused-ring (bicyclic) bond motifs is 1. The summed E-state index contributed by atoms with van der Waals surface area (Å²) in [7, 11) is 3.12. The molecule has 3 aliphatic rings. The van der Waals surface area contributed by atoms with Crippen molar-refractivity contribution >= 4 is 41.2 Å². The van der Waals surface area contributed by atoms with Gasteiger partial charge < -0.3 is 25.2 Å². The molecular weight excluding hydrogens is 714 g/mol. The van der Waals surface area contributed by atoms with Crippen molar-refractivity contribution in [1.82, 2.24) is 20.4 Å². The SMILES string of the molecule is CCCC(CC(=O)[C@@H]1[C@@H]2[C@H](CN1C(=O)[C@@H](NC(=O)OC(C)(C)C)C1CCC(F)(F)CC1)C2(C)C)C(=O)C(=O)CCC(=O)N[C@H](C(=O)N(C)C)c1ccccc1. The second-order valence-electron chi connectivity index (χ2n) is 17.3. The number of likely N-dealkylation sites (tertiary alicyclic amines) is 1. The largest absolute Gasteiger partial charge is 0.444 e. The van der Waals surface area contributed by atoms with Crippen molar-refractivity contribution in [2.75, 3.05) is 20.6 Å². The van der Waals surface area contributed by atoms with E-state index in [-0.39, 0.29) is 67.6 Å². The van der Waals surface area contributed by atoms with Crippen LogP contribution in [0.4, 0.5) is 13.6 Å². The van der Waals surface area contributed by atoms with Gasteiger partial charge >= 0.3 is 6.09 Å². The lowest BCUT2D eigenvalue weighted by molar-refractivity contribution is -0.145. The van der Waals surface area contributed by atoms with E-state index in [9.17, 15) is 42.3 Å². The van der Waals surface area contributed by atoms with E-state index in [1.54, 1.807) is 65.2 Å². The first-order valence-corrected chi connectivity index (χ1v) is 19.4. The average Bonchev–Trinajstić information content (AvgIpc) is 3.41. The van der Waals surface area contributed by atoms with Crippen LogP contribution in [-0.4, -0.2) is 95.2 Å². The number of benzene rings is 1. The zero-order valence-electron chi connectivity index (χ0n) is 33.4. The molecule has 1 aromatic carbocycles. The van der Waals surface area contributed by atoms with E-state index in [0.29, 0.717) is 12.0 Å². The predicted octanol–water partition coefficient (Wildman–Crippen LogP) is 5.43. The van der Waals surface area contributed by atoms with Crippen LogP contribution < -0.4 is 10.6 Å². The van der Waals surface area contributed by atoms with Gasteiger partial charge in [-0.05, 0) is 68.8 Å². The van der Waals surface area contributed by atoms with E-state index in [1.165, 1.54) is 9.80 Å². The van der Waals surface area contributed by atoms with Gasteiger partial charge in [0.15, 0.2) is 11.6 Å². The standard InChI is InChI=1S/C41H58F2N4O8/c1-9-13-26(35(51)28(48)16-17-30(50)44-32(36(52)46(7)8)24-14-11-10-12-15-24)22-29(49)34-31-27(40(31,5)6)23-47(34)37(53)33(45-38(54)55-39(2,3)4)25-18-20-41(42,43)21-19-25/h10-12,14-15,25-27,31-34H,9,13,16-23H2,1-8H3,(H,44,50)(H,45,54)/t26?,27-,31-,32-,33-,34+/m0/s1. The lowest BCUT2D eigenvalue weighted by Crippen LogP contribution is -2.57. The monoisotopic (exact) mass is 772 g/mol. The van der Waals surface area contributed by atoms with Gasteiger partial charge in [0, 0.05) is 58.7 Å². The van der Waals surface area contributed by atoms with E-state index < -0.39 is 90.2 Å². The summed E-state index contributed by atoms with van der Waals surface area (Å²) >= 11 is 0. The number of Topliss-reactive ketones (excluding diaryl/α,β-unsaturated/α-hetero) is 3. The highest BCUT2D eigenvalue weighted by Gasteiger charge is 2.69. The molecule has 1 aromatic rings. The Morgan fingerprint density at radius 2 is 1.58 bits per heavy atom. The molecule has 4 amide bonds. The van der Waals surface area contributed by atoms with E-state index in [2.05, 4.69) is 10.6 Å². The van der Waals surface area contributed by atoms with Crippen LogP contribution in [0.15, 0.2) is 30.3 Å². The van der Waals surface area contributed by atoms with Gasteiger partial charge in [0.1, 0.15) is 17.7 Å². The molecule has 14 heteroatoms. The number of ether oxygens (including phenoxy) is 1. The molecule has 0 bridgehead atoms. The second kappa shape index (κ2) is 17.3. The zero-order chi connectivity index (χ0) is 41.0. The topological polar surface area (TPSA) is 159 Å². The highest BCUT2D eigenvalue weighted by Crippen LogP contribution is 2.65. The van der Waals surface area contributed by atoms with Crippen molar-refractivity contribution in [3.8, 4) is 0 Å². The van der Waals surface area contributed by atoms with Crippen LogP contribution in [0.5, 0.6) is 0 Å². The fraction of sp³-hybridized carbons (Fsp3) is 0.683. The first kappa shape index (κ1) is 43.5. The first-order valence-electron chi connectivity index (χ1n) is 19.4. The Kier molecular flexibility index (Phi) is 13.7. The number of hydrogen-bond acceptors (Lipinski definition) is 8. The van der Waals surface area contributed by atoms with Crippen molar-refractivity contribution in [1.29, 1.82) is 0 Å². The average molecular weight is 773 g/mol. The molecule has 1 unspecified atom stereocenters. The Morgan fingerprint density at radius 3 is 2.15 bits per heavy atom. The number of rotatable bonds is 16. The van der Waals surface area contributed by atoms with Gasteiger partial charge in [-0.25, -0.2) is 13.6 Å². The minimum absolute atomic E-state index is 0.00388. The van der Waals surface area contributed by atoms with Crippen molar-refractivity contribution in [2.24, 2.45) is 29.1 Å². The molecule has 2 aliphatic carbocycles. The van der Waals surface area contributed by atoms with Crippen LogP contribution in [0.1, 0.15) is 111 Å². The molecule has 0 aromatic heterocycles. The number of hydrogen-bond donors (Lipinski definition) is 2. The molecule has 3 fully saturated rings. The molecular formula is C41H58F2N4O8. The van der Waals surface area contributed by atoms with Crippen LogP contribution in [-0.2, 0) is 33.5 Å². The molecule has 2 N–H and O–H groups in total. The summed E-state index contributed by atoms with van der Waals surface area (Å²) in [4.78, 5) is 97.0. The normalized spacial score (nSPS) is 23.0. The van der Waals surface area contributed by atoms with Gasteiger partial charge in [-0.15, -0.1) is 0 Å². The van der Waals surface area contributed by atoms with Gasteiger partial charge in [0.2, 0.25) is 29.4 Å². The number of alkyl halides is 2.